The SMILES string of the molecule is CC1(C)c2ccccc2-c2cc(N(c3ccccc3)c3cc4ccc5ccc6c7ccccc7n7c8ccccc8c(c3)c4c5c67)ccc21. The summed E-state index contributed by atoms with van der Waals surface area (Å²) >= 11 is 0. The first-order valence-electron chi connectivity index (χ1n) is 17.2. The molecule has 0 radical (unpaired) electrons. The first-order valence-corrected chi connectivity index (χ1v) is 17.2. The van der Waals surface area contributed by atoms with Gasteiger partial charge in [0.05, 0.1) is 16.6 Å². The Morgan fingerprint density at radius 1 is 0.429 bits per heavy atom. The molecule has 11 rings (SSSR count). The average Bonchev–Trinajstić information content (AvgIpc) is 3.55. The summed E-state index contributed by atoms with van der Waals surface area (Å²) in [6.07, 6.45) is 0. The first kappa shape index (κ1) is 26.9. The highest BCUT2D eigenvalue weighted by Gasteiger charge is 2.35. The van der Waals surface area contributed by atoms with Gasteiger partial charge < -0.3 is 9.30 Å². The van der Waals surface area contributed by atoms with Crippen LogP contribution < -0.4 is 4.90 Å². The molecule has 2 heterocycles. The van der Waals surface area contributed by atoms with E-state index in [0.717, 1.165) is 17.1 Å². The summed E-state index contributed by atoms with van der Waals surface area (Å²) in [7, 11) is 0. The lowest BCUT2D eigenvalue weighted by Crippen LogP contribution is -2.15. The van der Waals surface area contributed by atoms with Crippen molar-refractivity contribution in [1.29, 1.82) is 0 Å². The van der Waals surface area contributed by atoms with Gasteiger partial charge in [-0.3, -0.25) is 0 Å². The van der Waals surface area contributed by atoms with Crippen LogP contribution in [0.25, 0.3) is 70.8 Å². The Morgan fingerprint density at radius 2 is 1.08 bits per heavy atom. The van der Waals surface area contributed by atoms with Crippen molar-refractivity contribution < 1.29 is 0 Å². The maximum Gasteiger partial charge on any atom is 0.0626 e. The quantitative estimate of drug-likeness (QED) is 0.178. The van der Waals surface area contributed by atoms with E-state index < -0.39 is 0 Å². The van der Waals surface area contributed by atoms with Gasteiger partial charge in [-0.2, -0.15) is 0 Å². The number of benzene rings is 8. The van der Waals surface area contributed by atoms with E-state index in [9.17, 15) is 0 Å². The number of para-hydroxylation sites is 3. The fourth-order valence-electron chi connectivity index (χ4n) is 9.07. The molecule has 0 N–H and O–H groups in total. The van der Waals surface area contributed by atoms with Crippen molar-refractivity contribution in [3.63, 3.8) is 0 Å². The van der Waals surface area contributed by atoms with Crippen molar-refractivity contribution in [2.75, 3.05) is 4.90 Å². The number of anilines is 3. The van der Waals surface area contributed by atoms with Crippen LogP contribution >= 0.6 is 0 Å². The largest absolute Gasteiger partial charge is 0.310 e. The van der Waals surface area contributed by atoms with Crippen molar-refractivity contribution in [3.05, 3.63) is 169 Å². The molecule has 0 aliphatic heterocycles. The third-order valence-corrected chi connectivity index (χ3v) is 11.2. The van der Waals surface area contributed by atoms with Gasteiger partial charge in [-0.25, -0.2) is 0 Å². The van der Waals surface area contributed by atoms with Crippen LogP contribution in [0.15, 0.2) is 158 Å². The Hall–Kier alpha value is -6.12. The molecule has 2 nitrogen and oxygen atoms in total. The van der Waals surface area contributed by atoms with Crippen LogP contribution in [0.5, 0.6) is 0 Å². The van der Waals surface area contributed by atoms with Gasteiger partial charge in [-0.05, 0) is 92.3 Å². The van der Waals surface area contributed by atoms with Crippen LogP contribution in [0.1, 0.15) is 25.0 Å². The van der Waals surface area contributed by atoms with Gasteiger partial charge in [-0.1, -0.05) is 123 Å². The van der Waals surface area contributed by atoms with Crippen molar-refractivity contribution >= 4 is 76.7 Å². The van der Waals surface area contributed by atoms with E-state index in [0.29, 0.717) is 0 Å². The second kappa shape index (κ2) is 9.49. The molecule has 0 saturated heterocycles. The number of aromatic nitrogens is 1. The zero-order valence-electron chi connectivity index (χ0n) is 27.4. The minimum absolute atomic E-state index is 0.0375. The van der Waals surface area contributed by atoms with Crippen LogP contribution in [0.3, 0.4) is 0 Å². The molecule has 0 fully saturated rings. The molecule has 2 heteroatoms. The lowest BCUT2D eigenvalue weighted by molar-refractivity contribution is 0.660. The summed E-state index contributed by atoms with van der Waals surface area (Å²) in [6.45, 7) is 4.70. The first-order chi connectivity index (χ1) is 24.1. The van der Waals surface area contributed by atoms with Crippen LogP contribution in [-0.4, -0.2) is 4.40 Å². The van der Waals surface area contributed by atoms with Gasteiger partial charge in [0, 0.05) is 44.0 Å². The Balaban J connectivity index is 1.27. The number of fused-ring (bicyclic) bond motifs is 9. The topological polar surface area (TPSA) is 7.65 Å². The molecular weight excluding hydrogens is 593 g/mol. The van der Waals surface area contributed by atoms with E-state index in [2.05, 4.69) is 181 Å². The molecule has 2 aromatic heterocycles. The minimum Gasteiger partial charge on any atom is -0.310 e. The van der Waals surface area contributed by atoms with E-state index in [-0.39, 0.29) is 5.41 Å². The van der Waals surface area contributed by atoms with E-state index in [4.69, 9.17) is 0 Å². The van der Waals surface area contributed by atoms with Crippen LogP contribution in [0, 0.1) is 0 Å². The smallest absolute Gasteiger partial charge is 0.0626 e. The summed E-state index contributed by atoms with van der Waals surface area (Å²) < 4.78 is 2.51. The lowest BCUT2D eigenvalue weighted by Gasteiger charge is -2.28. The zero-order valence-corrected chi connectivity index (χ0v) is 27.4. The second-order valence-corrected chi connectivity index (χ2v) is 14.2. The Morgan fingerprint density at radius 3 is 1.90 bits per heavy atom. The number of nitrogens with zero attached hydrogens (tertiary/aromatic N) is 2. The van der Waals surface area contributed by atoms with Gasteiger partial charge >= 0.3 is 0 Å². The third kappa shape index (κ3) is 3.50. The maximum absolute atomic E-state index is 2.51. The number of hydrogen-bond donors (Lipinski definition) is 0. The van der Waals surface area contributed by atoms with E-state index in [1.54, 1.807) is 0 Å². The summed E-state index contributed by atoms with van der Waals surface area (Å²) in [4.78, 5) is 2.44. The molecule has 0 saturated carbocycles. The third-order valence-electron chi connectivity index (χ3n) is 11.2. The number of hydrogen-bond acceptors (Lipinski definition) is 1. The molecule has 0 atom stereocenters. The molecular formula is C47H32N2. The van der Waals surface area contributed by atoms with E-state index in [1.165, 1.54) is 81.9 Å². The normalized spacial score (nSPS) is 13.7. The molecule has 0 amide bonds. The molecule has 8 aromatic carbocycles. The molecule has 0 unspecified atom stereocenters. The fourth-order valence-corrected chi connectivity index (χ4v) is 9.07. The van der Waals surface area contributed by atoms with Gasteiger partial charge in [0.1, 0.15) is 0 Å². The van der Waals surface area contributed by atoms with Crippen molar-refractivity contribution in [2.24, 2.45) is 0 Å². The van der Waals surface area contributed by atoms with E-state index >= 15 is 0 Å². The Kier molecular flexibility index (Phi) is 5.21. The highest BCUT2D eigenvalue weighted by atomic mass is 15.1. The van der Waals surface area contributed by atoms with Gasteiger partial charge in [0.15, 0.2) is 0 Å². The maximum atomic E-state index is 2.51. The fraction of sp³-hybridized carbons (Fsp3) is 0.0638. The van der Waals surface area contributed by atoms with Crippen LogP contribution in [0.2, 0.25) is 0 Å². The summed E-state index contributed by atoms with van der Waals surface area (Å²) in [5, 5.41) is 10.3. The number of rotatable bonds is 3. The van der Waals surface area contributed by atoms with Gasteiger partial charge in [0.2, 0.25) is 0 Å². The summed E-state index contributed by atoms with van der Waals surface area (Å²) in [5.74, 6) is 0. The standard InChI is InChI=1S/C47H32N2/c1-47(2)40-17-9-6-14-34(40)38-27-32(23-25-41(38)47)48(31-12-4-3-5-13-31)33-26-30-21-20-29-22-24-37-35-15-7-10-18-42(35)49-43-19-11-8-16-36(43)39(28-33)44(30)45(29)46(37)49/h3-28H,1-2H3. The van der Waals surface area contributed by atoms with Crippen LogP contribution in [0.4, 0.5) is 17.1 Å². The van der Waals surface area contributed by atoms with Crippen molar-refractivity contribution in [2.45, 2.75) is 19.3 Å². The molecule has 1 aliphatic rings. The monoisotopic (exact) mass is 624 g/mol. The zero-order chi connectivity index (χ0) is 32.4. The highest BCUT2D eigenvalue weighted by molar-refractivity contribution is 6.32. The van der Waals surface area contributed by atoms with Crippen molar-refractivity contribution in [1.82, 2.24) is 4.40 Å². The average molecular weight is 625 g/mol. The predicted molar refractivity (Wildman–Crippen MR) is 208 cm³/mol. The van der Waals surface area contributed by atoms with Gasteiger partial charge in [0.25, 0.3) is 0 Å². The Labute approximate surface area is 284 Å². The minimum atomic E-state index is -0.0375. The second-order valence-electron chi connectivity index (χ2n) is 14.2. The summed E-state index contributed by atoms with van der Waals surface area (Å²) in [6, 6.07) is 58.7. The molecule has 10 aromatic rings. The molecule has 49 heavy (non-hydrogen) atoms. The van der Waals surface area contributed by atoms with Gasteiger partial charge in [-0.15, -0.1) is 0 Å². The molecule has 1 aliphatic carbocycles. The lowest BCUT2D eigenvalue weighted by atomic mass is 9.82. The van der Waals surface area contributed by atoms with Crippen LogP contribution in [-0.2, 0) is 5.41 Å². The molecule has 0 bridgehead atoms. The van der Waals surface area contributed by atoms with Crippen molar-refractivity contribution in [3.8, 4) is 11.1 Å². The highest BCUT2D eigenvalue weighted by Crippen LogP contribution is 2.51. The van der Waals surface area contributed by atoms with E-state index in [1.807, 2.05) is 0 Å². The molecule has 0 spiro atoms. The Bertz CT molecular complexity index is 2960. The predicted octanol–water partition coefficient (Wildman–Crippen LogP) is 12.9. The summed E-state index contributed by atoms with van der Waals surface area (Å²) in [5.41, 5.74) is 12.6. The molecule has 230 valence electrons.